The summed E-state index contributed by atoms with van der Waals surface area (Å²) >= 11 is 5.99. The van der Waals surface area contributed by atoms with E-state index in [9.17, 15) is 9.59 Å². The van der Waals surface area contributed by atoms with Gasteiger partial charge in [0.25, 0.3) is 0 Å². The standard InChI is InChI=1S/C14H17ClN2O2/c15-12-6-2-1-5-11(12)10-16-13(18)9-14(19)17-7-3-4-8-17/h1-2,5-6H,3-4,7-10H2,(H,16,18). The predicted octanol–water partition coefficient (Wildman–Crippen LogP) is 1.97. The van der Waals surface area contributed by atoms with Crippen LogP contribution < -0.4 is 5.32 Å². The van der Waals surface area contributed by atoms with Crippen molar-refractivity contribution in [3.63, 3.8) is 0 Å². The van der Waals surface area contributed by atoms with Crippen molar-refractivity contribution in [3.8, 4) is 0 Å². The number of nitrogens with one attached hydrogen (secondary N) is 1. The maximum absolute atomic E-state index is 11.8. The zero-order valence-electron chi connectivity index (χ0n) is 10.7. The second-order valence-electron chi connectivity index (χ2n) is 4.63. The van der Waals surface area contributed by atoms with Gasteiger partial charge in [0.15, 0.2) is 0 Å². The molecule has 1 saturated heterocycles. The van der Waals surface area contributed by atoms with E-state index in [-0.39, 0.29) is 18.2 Å². The fourth-order valence-electron chi connectivity index (χ4n) is 2.11. The molecule has 0 bridgehead atoms. The molecular weight excluding hydrogens is 264 g/mol. The van der Waals surface area contributed by atoms with E-state index in [1.54, 1.807) is 11.0 Å². The molecule has 4 nitrogen and oxygen atoms in total. The molecular formula is C14H17ClN2O2. The summed E-state index contributed by atoms with van der Waals surface area (Å²) in [5.74, 6) is -0.342. The average molecular weight is 281 g/mol. The third-order valence-corrected chi connectivity index (χ3v) is 3.57. The molecule has 1 N–H and O–H groups in total. The van der Waals surface area contributed by atoms with Crippen LogP contribution in [0.2, 0.25) is 5.02 Å². The highest BCUT2D eigenvalue weighted by Crippen LogP contribution is 2.14. The normalized spacial score (nSPS) is 14.5. The zero-order valence-corrected chi connectivity index (χ0v) is 11.4. The minimum atomic E-state index is -0.253. The van der Waals surface area contributed by atoms with Crippen LogP contribution in [0.25, 0.3) is 0 Å². The number of nitrogens with zero attached hydrogens (tertiary/aromatic N) is 1. The van der Waals surface area contributed by atoms with Gasteiger partial charge in [-0.15, -0.1) is 0 Å². The largest absolute Gasteiger partial charge is 0.352 e. The summed E-state index contributed by atoms with van der Waals surface area (Å²) in [4.78, 5) is 25.2. The van der Waals surface area contributed by atoms with Gasteiger partial charge >= 0.3 is 0 Å². The van der Waals surface area contributed by atoms with E-state index in [4.69, 9.17) is 11.6 Å². The van der Waals surface area contributed by atoms with E-state index in [0.29, 0.717) is 11.6 Å². The van der Waals surface area contributed by atoms with Crippen LogP contribution in [0, 0.1) is 0 Å². The lowest BCUT2D eigenvalue weighted by Gasteiger charge is -2.14. The number of carbonyl (C=O) groups excluding carboxylic acids is 2. The van der Waals surface area contributed by atoms with Crippen LogP contribution in [0.4, 0.5) is 0 Å². The van der Waals surface area contributed by atoms with Crippen LogP contribution in [-0.4, -0.2) is 29.8 Å². The van der Waals surface area contributed by atoms with E-state index in [0.717, 1.165) is 31.5 Å². The van der Waals surface area contributed by atoms with Gasteiger partial charge < -0.3 is 10.2 Å². The Kier molecular flexibility index (Phi) is 4.80. The molecule has 1 heterocycles. The molecule has 0 atom stereocenters. The zero-order chi connectivity index (χ0) is 13.7. The highest BCUT2D eigenvalue weighted by atomic mass is 35.5. The highest BCUT2D eigenvalue weighted by Gasteiger charge is 2.20. The molecule has 2 rings (SSSR count). The molecule has 1 aromatic carbocycles. The molecule has 1 aromatic rings. The number of likely N-dealkylation sites (tertiary alicyclic amines) is 1. The number of hydrogen-bond donors (Lipinski definition) is 1. The van der Waals surface area contributed by atoms with Gasteiger partial charge in [0.05, 0.1) is 0 Å². The molecule has 0 radical (unpaired) electrons. The first-order valence-electron chi connectivity index (χ1n) is 6.44. The van der Waals surface area contributed by atoms with Crippen molar-refractivity contribution >= 4 is 23.4 Å². The van der Waals surface area contributed by atoms with Gasteiger partial charge in [-0.25, -0.2) is 0 Å². The molecule has 0 aliphatic carbocycles. The van der Waals surface area contributed by atoms with Gasteiger partial charge in [-0.1, -0.05) is 29.8 Å². The summed E-state index contributed by atoms with van der Waals surface area (Å²) in [6.07, 6.45) is 1.99. The van der Waals surface area contributed by atoms with Crippen molar-refractivity contribution in [2.75, 3.05) is 13.1 Å². The van der Waals surface area contributed by atoms with Gasteiger partial charge in [0.1, 0.15) is 6.42 Å². The molecule has 5 heteroatoms. The highest BCUT2D eigenvalue weighted by molar-refractivity contribution is 6.31. The van der Waals surface area contributed by atoms with Crippen molar-refractivity contribution in [1.82, 2.24) is 10.2 Å². The topological polar surface area (TPSA) is 49.4 Å². The summed E-state index contributed by atoms with van der Waals surface area (Å²) in [6, 6.07) is 7.33. The first-order chi connectivity index (χ1) is 9.16. The quantitative estimate of drug-likeness (QED) is 0.857. The predicted molar refractivity (Wildman–Crippen MR) is 73.7 cm³/mol. The molecule has 1 aliphatic rings. The van der Waals surface area contributed by atoms with E-state index < -0.39 is 0 Å². The monoisotopic (exact) mass is 280 g/mol. The van der Waals surface area contributed by atoms with E-state index in [1.165, 1.54) is 0 Å². The van der Waals surface area contributed by atoms with Crippen molar-refractivity contribution in [2.24, 2.45) is 0 Å². The van der Waals surface area contributed by atoms with Gasteiger partial charge in [-0.3, -0.25) is 9.59 Å². The molecule has 1 fully saturated rings. The van der Waals surface area contributed by atoms with Crippen LogP contribution >= 0.6 is 11.6 Å². The lowest BCUT2D eigenvalue weighted by atomic mass is 10.2. The Balaban J connectivity index is 1.78. The Morgan fingerprint density at radius 3 is 2.58 bits per heavy atom. The third-order valence-electron chi connectivity index (χ3n) is 3.20. The number of benzene rings is 1. The van der Waals surface area contributed by atoms with Crippen LogP contribution in [0.15, 0.2) is 24.3 Å². The van der Waals surface area contributed by atoms with E-state index in [2.05, 4.69) is 5.32 Å². The SMILES string of the molecule is O=C(CC(=O)N1CCCC1)NCc1ccccc1Cl. The Hall–Kier alpha value is -1.55. The van der Waals surface area contributed by atoms with Gasteiger partial charge in [-0.2, -0.15) is 0 Å². The lowest BCUT2D eigenvalue weighted by molar-refractivity contribution is -0.135. The second-order valence-corrected chi connectivity index (χ2v) is 5.04. The fraction of sp³-hybridized carbons (Fsp3) is 0.429. The number of carbonyl (C=O) groups is 2. The van der Waals surface area contributed by atoms with Crippen molar-refractivity contribution in [3.05, 3.63) is 34.9 Å². The van der Waals surface area contributed by atoms with Crippen LogP contribution in [-0.2, 0) is 16.1 Å². The molecule has 0 unspecified atom stereocenters. The summed E-state index contributed by atoms with van der Waals surface area (Å²) in [7, 11) is 0. The average Bonchev–Trinajstić information content (AvgIpc) is 2.91. The fourth-order valence-corrected chi connectivity index (χ4v) is 2.32. The first kappa shape index (κ1) is 13.9. The summed E-state index contributed by atoms with van der Waals surface area (Å²) in [5, 5.41) is 3.34. The third kappa shape index (κ3) is 3.96. The van der Waals surface area contributed by atoms with Crippen molar-refractivity contribution in [2.45, 2.75) is 25.8 Å². The maximum atomic E-state index is 11.8. The Labute approximate surface area is 117 Å². The molecule has 0 aromatic heterocycles. The molecule has 2 amide bonds. The minimum Gasteiger partial charge on any atom is -0.352 e. The molecule has 1 aliphatic heterocycles. The lowest BCUT2D eigenvalue weighted by Crippen LogP contribution is -2.33. The number of hydrogen-bond acceptors (Lipinski definition) is 2. The Morgan fingerprint density at radius 2 is 1.89 bits per heavy atom. The second kappa shape index (κ2) is 6.57. The number of halogens is 1. The summed E-state index contributed by atoms with van der Waals surface area (Å²) in [6.45, 7) is 1.90. The molecule has 19 heavy (non-hydrogen) atoms. The van der Waals surface area contributed by atoms with Crippen molar-refractivity contribution < 1.29 is 9.59 Å². The van der Waals surface area contributed by atoms with Crippen LogP contribution in [0.3, 0.4) is 0 Å². The van der Waals surface area contributed by atoms with Crippen LogP contribution in [0.5, 0.6) is 0 Å². The Morgan fingerprint density at radius 1 is 1.21 bits per heavy atom. The van der Waals surface area contributed by atoms with Crippen molar-refractivity contribution in [1.29, 1.82) is 0 Å². The minimum absolute atomic E-state index is 0.0789. The van der Waals surface area contributed by atoms with Gasteiger partial charge in [0.2, 0.25) is 11.8 Å². The number of rotatable bonds is 4. The smallest absolute Gasteiger partial charge is 0.232 e. The maximum Gasteiger partial charge on any atom is 0.232 e. The van der Waals surface area contributed by atoms with Gasteiger partial charge in [0, 0.05) is 24.7 Å². The van der Waals surface area contributed by atoms with E-state index in [1.807, 2.05) is 18.2 Å². The Bertz CT molecular complexity index is 470. The molecule has 0 saturated carbocycles. The molecule has 102 valence electrons. The number of amides is 2. The molecule has 0 spiro atoms. The van der Waals surface area contributed by atoms with E-state index >= 15 is 0 Å². The summed E-state index contributed by atoms with van der Waals surface area (Å²) < 4.78 is 0. The first-order valence-corrected chi connectivity index (χ1v) is 6.82. The van der Waals surface area contributed by atoms with Gasteiger partial charge in [-0.05, 0) is 24.5 Å². The summed E-state index contributed by atoms with van der Waals surface area (Å²) in [5.41, 5.74) is 0.853. The van der Waals surface area contributed by atoms with Crippen LogP contribution in [0.1, 0.15) is 24.8 Å².